The molecule has 2 N–H and O–H groups in total. The van der Waals surface area contributed by atoms with Crippen molar-refractivity contribution >= 4 is 5.82 Å². The van der Waals surface area contributed by atoms with Crippen molar-refractivity contribution in [3.05, 3.63) is 35.8 Å². The summed E-state index contributed by atoms with van der Waals surface area (Å²) in [6, 6.07) is 0. The maximum absolute atomic E-state index is 5.75. The lowest BCUT2D eigenvalue weighted by Gasteiger charge is -2.30. The quantitative estimate of drug-likeness (QED) is 0.831. The second-order valence-corrected chi connectivity index (χ2v) is 4.43. The molecule has 0 aliphatic carbocycles. The Bertz CT molecular complexity index is 561. The van der Waals surface area contributed by atoms with Crippen LogP contribution in [0.3, 0.4) is 0 Å². The van der Waals surface area contributed by atoms with Gasteiger partial charge in [0.05, 0.1) is 6.54 Å². The van der Waals surface area contributed by atoms with Crippen LogP contribution in [0.2, 0.25) is 0 Å². The first-order chi connectivity index (χ1) is 8.78. The van der Waals surface area contributed by atoms with Gasteiger partial charge in [-0.05, 0) is 6.92 Å². The van der Waals surface area contributed by atoms with Crippen LogP contribution >= 0.6 is 0 Å². The molecule has 6 nitrogen and oxygen atoms in total. The van der Waals surface area contributed by atoms with Gasteiger partial charge in [0.15, 0.2) is 0 Å². The Labute approximate surface area is 105 Å². The van der Waals surface area contributed by atoms with E-state index in [0.717, 1.165) is 42.7 Å². The maximum atomic E-state index is 5.75. The molecule has 0 saturated heterocycles. The summed E-state index contributed by atoms with van der Waals surface area (Å²) in [5, 5.41) is 0. The van der Waals surface area contributed by atoms with E-state index in [9.17, 15) is 0 Å². The van der Waals surface area contributed by atoms with Gasteiger partial charge < -0.3 is 15.2 Å². The second-order valence-electron chi connectivity index (χ2n) is 4.43. The first-order valence-corrected chi connectivity index (χ1v) is 6.05. The monoisotopic (exact) mass is 244 g/mol. The highest BCUT2D eigenvalue weighted by molar-refractivity contribution is 5.46. The molecule has 1 aliphatic rings. The number of hydrogen-bond acceptors (Lipinski definition) is 5. The van der Waals surface area contributed by atoms with Gasteiger partial charge in [0, 0.05) is 43.8 Å². The van der Waals surface area contributed by atoms with Gasteiger partial charge >= 0.3 is 0 Å². The van der Waals surface area contributed by atoms with Crippen LogP contribution in [0, 0.1) is 6.92 Å². The van der Waals surface area contributed by atoms with Crippen LogP contribution in [-0.4, -0.2) is 26.1 Å². The third kappa shape index (κ3) is 1.84. The third-order valence-electron chi connectivity index (χ3n) is 3.23. The number of anilines is 1. The van der Waals surface area contributed by atoms with E-state index in [0.29, 0.717) is 6.54 Å². The fourth-order valence-electron chi connectivity index (χ4n) is 2.26. The predicted molar refractivity (Wildman–Crippen MR) is 67.9 cm³/mol. The molecule has 18 heavy (non-hydrogen) atoms. The van der Waals surface area contributed by atoms with Crippen molar-refractivity contribution in [3.8, 4) is 0 Å². The van der Waals surface area contributed by atoms with Gasteiger partial charge in [-0.25, -0.2) is 15.0 Å². The first-order valence-electron chi connectivity index (χ1n) is 6.05. The van der Waals surface area contributed by atoms with Crippen LogP contribution in [0.1, 0.15) is 17.2 Å². The molecule has 2 aromatic heterocycles. The van der Waals surface area contributed by atoms with E-state index in [1.54, 1.807) is 0 Å². The molecule has 6 heteroatoms. The molecule has 0 bridgehead atoms. The Kier molecular flexibility index (Phi) is 2.71. The molecule has 0 amide bonds. The molecule has 1 aliphatic heterocycles. The Hall–Kier alpha value is -1.95. The highest BCUT2D eigenvalue weighted by atomic mass is 15.3. The smallest absolute Gasteiger partial charge is 0.137 e. The topological polar surface area (TPSA) is 72.9 Å². The van der Waals surface area contributed by atoms with Crippen LogP contribution in [-0.2, 0) is 19.6 Å². The number of nitrogens with two attached hydrogens (primary N) is 1. The summed E-state index contributed by atoms with van der Waals surface area (Å²) in [6.07, 6.45) is 5.67. The molecule has 0 spiro atoms. The fourth-order valence-corrected chi connectivity index (χ4v) is 2.26. The average Bonchev–Trinajstić information content (AvgIpc) is 2.85. The van der Waals surface area contributed by atoms with Crippen LogP contribution in [0.5, 0.6) is 0 Å². The third-order valence-corrected chi connectivity index (χ3v) is 3.23. The first kappa shape index (κ1) is 11.2. The van der Waals surface area contributed by atoms with E-state index >= 15 is 0 Å². The van der Waals surface area contributed by atoms with Crippen molar-refractivity contribution < 1.29 is 0 Å². The van der Waals surface area contributed by atoms with Crippen molar-refractivity contribution in [1.82, 2.24) is 19.5 Å². The minimum Gasteiger partial charge on any atom is -0.347 e. The molecule has 0 fully saturated rings. The highest BCUT2D eigenvalue weighted by Crippen LogP contribution is 2.21. The molecule has 2 aromatic rings. The molecule has 0 saturated carbocycles. The Morgan fingerprint density at radius 3 is 3.06 bits per heavy atom. The van der Waals surface area contributed by atoms with E-state index < -0.39 is 0 Å². The van der Waals surface area contributed by atoms with Crippen LogP contribution in [0.25, 0.3) is 0 Å². The lowest BCUT2D eigenvalue weighted by molar-refractivity contribution is 0.553. The van der Waals surface area contributed by atoms with Gasteiger partial charge in [-0.15, -0.1) is 0 Å². The lowest BCUT2D eigenvalue weighted by atomic mass is 10.2. The number of aryl methyl sites for hydroxylation is 1. The normalized spacial score (nSPS) is 14.7. The Balaban J connectivity index is 1.94. The van der Waals surface area contributed by atoms with E-state index in [2.05, 4.69) is 24.4 Å². The van der Waals surface area contributed by atoms with Gasteiger partial charge in [0.1, 0.15) is 17.5 Å². The molecule has 0 aromatic carbocycles. The van der Waals surface area contributed by atoms with Crippen molar-refractivity contribution in [1.29, 1.82) is 0 Å². The number of hydrogen-bond donors (Lipinski definition) is 1. The number of rotatable bonds is 2. The largest absolute Gasteiger partial charge is 0.347 e. The summed E-state index contributed by atoms with van der Waals surface area (Å²) in [5.74, 6) is 2.79. The summed E-state index contributed by atoms with van der Waals surface area (Å²) < 4.78 is 2.17. The SMILES string of the molecule is Cc1ncc(CN)c(N2CCn3ccnc3C2)n1. The zero-order chi connectivity index (χ0) is 12.5. The van der Waals surface area contributed by atoms with Gasteiger partial charge in [0.25, 0.3) is 0 Å². The van der Waals surface area contributed by atoms with E-state index in [1.807, 2.05) is 25.5 Å². The molecule has 3 heterocycles. The number of aromatic nitrogens is 4. The summed E-state index contributed by atoms with van der Waals surface area (Å²) in [6.45, 7) is 4.99. The van der Waals surface area contributed by atoms with Gasteiger partial charge in [-0.1, -0.05) is 0 Å². The molecule has 0 atom stereocenters. The van der Waals surface area contributed by atoms with Crippen LogP contribution in [0.4, 0.5) is 5.82 Å². The highest BCUT2D eigenvalue weighted by Gasteiger charge is 2.20. The molecular formula is C12H16N6. The average molecular weight is 244 g/mol. The van der Waals surface area contributed by atoms with Crippen molar-refractivity contribution in [2.45, 2.75) is 26.6 Å². The second kappa shape index (κ2) is 4.38. The molecule has 0 unspecified atom stereocenters. The molecule has 0 radical (unpaired) electrons. The van der Waals surface area contributed by atoms with E-state index in [-0.39, 0.29) is 0 Å². The van der Waals surface area contributed by atoms with Crippen LogP contribution < -0.4 is 10.6 Å². The van der Waals surface area contributed by atoms with E-state index in [1.165, 1.54) is 0 Å². The van der Waals surface area contributed by atoms with Gasteiger partial charge in [0.2, 0.25) is 0 Å². The van der Waals surface area contributed by atoms with Crippen molar-refractivity contribution in [3.63, 3.8) is 0 Å². The minimum absolute atomic E-state index is 0.459. The maximum Gasteiger partial charge on any atom is 0.137 e. The standard InChI is InChI=1S/C12H16N6/c1-9-15-7-10(6-13)12(16-9)18-5-4-17-3-2-14-11(17)8-18/h2-3,7H,4-6,8,13H2,1H3. The Morgan fingerprint density at radius 2 is 2.22 bits per heavy atom. The summed E-state index contributed by atoms with van der Waals surface area (Å²) in [7, 11) is 0. The summed E-state index contributed by atoms with van der Waals surface area (Å²) in [5.41, 5.74) is 6.74. The van der Waals surface area contributed by atoms with E-state index in [4.69, 9.17) is 5.73 Å². The van der Waals surface area contributed by atoms with Gasteiger partial charge in [-0.2, -0.15) is 0 Å². The lowest BCUT2D eigenvalue weighted by Crippen LogP contribution is -2.35. The van der Waals surface area contributed by atoms with Crippen molar-refractivity contribution in [2.75, 3.05) is 11.4 Å². The summed E-state index contributed by atoms with van der Waals surface area (Å²) in [4.78, 5) is 15.3. The van der Waals surface area contributed by atoms with Gasteiger partial charge in [-0.3, -0.25) is 0 Å². The van der Waals surface area contributed by atoms with Crippen molar-refractivity contribution in [2.24, 2.45) is 5.73 Å². The zero-order valence-electron chi connectivity index (χ0n) is 10.4. The van der Waals surface area contributed by atoms with Crippen LogP contribution in [0.15, 0.2) is 18.6 Å². The Morgan fingerprint density at radius 1 is 1.33 bits per heavy atom. The minimum atomic E-state index is 0.459. The summed E-state index contributed by atoms with van der Waals surface area (Å²) >= 11 is 0. The predicted octanol–water partition coefficient (Wildman–Crippen LogP) is 0.460. The molecular weight excluding hydrogens is 228 g/mol. The molecule has 94 valence electrons. The zero-order valence-corrected chi connectivity index (χ0v) is 10.4. The fraction of sp³-hybridized carbons (Fsp3) is 0.417. The number of fused-ring (bicyclic) bond motifs is 1. The molecule has 3 rings (SSSR count). The number of nitrogens with zero attached hydrogens (tertiary/aromatic N) is 5. The number of imidazole rings is 1.